The summed E-state index contributed by atoms with van der Waals surface area (Å²) in [7, 11) is 0. The van der Waals surface area contributed by atoms with Crippen molar-refractivity contribution in [3.63, 3.8) is 0 Å². The highest BCUT2D eigenvalue weighted by Gasteiger charge is 2.21. The van der Waals surface area contributed by atoms with Crippen LogP contribution in [-0.2, 0) is 12.8 Å². The molecule has 122 valence electrons. The van der Waals surface area contributed by atoms with Crippen LogP contribution in [0.1, 0.15) is 41.0 Å². The molecule has 0 aliphatic heterocycles. The van der Waals surface area contributed by atoms with Crippen LogP contribution in [0.25, 0.3) is 11.3 Å². The zero-order valence-electron chi connectivity index (χ0n) is 13.1. The summed E-state index contributed by atoms with van der Waals surface area (Å²) >= 11 is 1.41. The first-order valence-corrected chi connectivity index (χ1v) is 8.92. The molecule has 0 bridgehead atoms. The number of rotatable bonds is 3. The minimum Gasteiger partial charge on any atom is -0.296 e. The fourth-order valence-electron chi connectivity index (χ4n) is 2.99. The zero-order chi connectivity index (χ0) is 16.4. The van der Waals surface area contributed by atoms with Gasteiger partial charge in [0.1, 0.15) is 0 Å². The summed E-state index contributed by atoms with van der Waals surface area (Å²) in [6, 6.07) is 3.79. The average molecular weight is 339 g/mol. The van der Waals surface area contributed by atoms with Gasteiger partial charge in [-0.2, -0.15) is 5.10 Å². The molecule has 0 spiro atoms. The third-order valence-electron chi connectivity index (χ3n) is 4.22. The van der Waals surface area contributed by atoms with Crippen LogP contribution in [0, 0.1) is 0 Å². The van der Waals surface area contributed by atoms with Crippen molar-refractivity contribution in [3.8, 4) is 11.3 Å². The number of anilines is 1. The summed E-state index contributed by atoms with van der Waals surface area (Å²) in [5, 5.41) is 12.6. The first-order valence-electron chi connectivity index (χ1n) is 8.04. The number of carbonyl (C=O) groups is 1. The van der Waals surface area contributed by atoms with Crippen LogP contribution in [0.2, 0.25) is 0 Å². The topological polar surface area (TPSA) is 83.6 Å². The summed E-state index contributed by atoms with van der Waals surface area (Å²) < 4.78 is 0. The number of nitrogens with one attached hydrogen (secondary N) is 2. The van der Waals surface area contributed by atoms with E-state index < -0.39 is 0 Å². The Morgan fingerprint density at radius 3 is 2.88 bits per heavy atom. The minimum atomic E-state index is -0.190. The number of fused-ring (bicyclic) bond motifs is 1. The van der Waals surface area contributed by atoms with E-state index in [1.807, 2.05) is 17.5 Å². The first kappa shape index (κ1) is 15.0. The predicted octanol–water partition coefficient (Wildman–Crippen LogP) is 3.45. The lowest BCUT2D eigenvalue weighted by Crippen LogP contribution is -2.14. The summed E-state index contributed by atoms with van der Waals surface area (Å²) in [4.78, 5) is 21.1. The van der Waals surface area contributed by atoms with E-state index in [1.54, 1.807) is 12.4 Å². The molecule has 0 radical (unpaired) electrons. The molecule has 3 aromatic heterocycles. The number of nitrogens with zero attached hydrogens (tertiary/aromatic N) is 3. The Morgan fingerprint density at radius 1 is 1.17 bits per heavy atom. The molecule has 7 heteroatoms. The Balaban J connectivity index is 1.53. The summed E-state index contributed by atoms with van der Waals surface area (Å²) in [5.41, 5.74) is 4.49. The van der Waals surface area contributed by atoms with Crippen LogP contribution in [0.15, 0.2) is 29.9 Å². The predicted molar refractivity (Wildman–Crippen MR) is 93.1 cm³/mol. The maximum Gasteiger partial charge on any atom is 0.278 e. The van der Waals surface area contributed by atoms with Gasteiger partial charge < -0.3 is 0 Å². The fourth-order valence-corrected chi connectivity index (χ4v) is 3.70. The van der Waals surface area contributed by atoms with Gasteiger partial charge in [0.15, 0.2) is 10.8 Å². The van der Waals surface area contributed by atoms with Crippen molar-refractivity contribution in [2.45, 2.75) is 32.1 Å². The SMILES string of the molecule is O=C(Nc1nc(-c2ccncc2)cs1)c1n[nH]c2c1CCCCC2. The highest BCUT2D eigenvalue weighted by Crippen LogP contribution is 2.26. The average Bonchev–Trinajstić information content (AvgIpc) is 3.17. The van der Waals surface area contributed by atoms with E-state index in [0.717, 1.165) is 48.2 Å². The van der Waals surface area contributed by atoms with Crippen LogP contribution in [0.4, 0.5) is 5.13 Å². The van der Waals surface area contributed by atoms with Crippen molar-refractivity contribution in [2.24, 2.45) is 0 Å². The molecule has 0 unspecified atom stereocenters. The molecular formula is C17H17N5OS. The number of H-pyrrole nitrogens is 1. The molecule has 2 N–H and O–H groups in total. The van der Waals surface area contributed by atoms with E-state index in [0.29, 0.717) is 10.8 Å². The Hall–Kier alpha value is -2.54. The molecular weight excluding hydrogens is 322 g/mol. The van der Waals surface area contributed by atoms with Crippen molar-refractivity contribution in [1.82, 2.24) is 20.2 Å². The molecule has 3 aromatic rings. The number of aromatic amines is 1. The van der Waals surface area contributed by atoms with E-state index in [1.165, 1.54) is 17.8 Å². The van der Waals surface area contributed by atoms with Gasteiger partial charge in [0.05, 0.1) is 5.69 Å². The number of carbonyl (C=O) groups excluding carboxylic acids is 1. The largest absolute Gasteiger partial charge is 0.296 e. The highest BCUT2D eigenvalue weighted by atomic mass is 32.1. The molecule has 4 rings (SSSR count). The van der Waals surface area contributed by atoms with Crippen LogP contribution in [-0.4, -0.2) is 26.1 Å². The third kappa shape index (κ3) is 2.94. The second-order valence-corrected chi connectivity index (χ2v) is 6.68. The maximum absolute atomic E-state index is 12.6. The molecule has 0 saturated carbocycles. The first-order chi connectivity index (χ1) is 11.8. The van der Waals surface area contributed by atoms with E-state index in [4.69, 9.17) is 0 Å². The maximum atomic E-state index is 12.6. The van der Waals surface area contributed by atoms with E-state index in [2.05, 4.69) is 25.5 Å². The van der Waals surface area contributed by atoms with Crippen molar-refractivity contribution >= 4 is 22.4 Å². The Kier molecular flexibility index (Phi) is 4.08. The summed E-state index contributed by atoms with van der Waals surface area (Å²) in [6.07, 6.45) is 8.80. The van der Waals surface area contributed by atoms with Gasteiger partial charge in [-0.3, -0.25) is 20.2 Å². The van der Waals surface area contributed by atoms with Crippen molar-refractivity contribution < 1.29 is 4.79 Å². The number of pyridine rings is 1. The fraction of sp³-hybridized carbons (Fsp3) is 0.294. The lowest BCUT2D eigenvalue weighted by Gasteiger charge is -2.02. The molecule has 0 saturated heterocycles. The van der Waals surface area contributed by atoms with Crippen molar-refractivity contribution in [2.75, 3.05) is 5.32 Å². The zero-order valence-corrected chi connectivity index (χ0v) is 13.9. The molecule has 3 heterocycles. The number of aryl methyl sites for hydroxylation is 1. The van der Waals surface area contributed by atoms with Gasteiger partial charge in [-0.1, -0.05) is 6.42 Å². The Bertz CT molecular complexity index is 855. The van der Waals surface area contributed by atoms with Gasteiger partial charge in [0.25, 0.3) is 5.91 Å². The quantitative estimate of drug-likeness (QED) is 0.716. The monoisotopic (exact) mass is 339 g/mol. The third-order valence-corrected chi connectivity index (χ3v) is 4.98. The number of amides is 1. The summed E-state index contributed by atoms with van der Waals surface area (Å²) in [6.45, 7) is 0. The van der Waals surface area contributed by atoms with Gasteiger partial charge in [0.2, 0.25) is 0 Å². The molecule has 0 fully saturated rings. The Morgan fingerprint density at radius 2 is 2.00 bits per heavy atom. The minimum absolute atomic E-state index is 0.190. The number of hydrogen-bond donors (Lipinski definition) is 2. The molecule has 6 nitrogen and oxygen atoms in total. The second kappa shape index (κ2) is 6.52. The van der Waals surface area contributed by atoms with E-state index in [9.17, 15) is 4.79 Å². The highest BCUT2D eigenvalue weighted by molar-refractivity contribution is 7.14. The molecule has 0 aromatic carbocycles. The Labute approximate surface area is 143 Å². The molecule has 1 aliphatic carbocycles. The van der Waals surface area contributed by atoms with Gasteiger partial charge in [0, 0.05) is 34.6 Å². The molecule has 24 heavy (non-hydrogen) atoms. The number of thiazole rings is 1. The van der Waals surface area contributed by atoms with Gasteiger partial charge in [-0.15, -0.1) is 11.3 Å². The van der Waals surface area contributed by atoms with Crippen LogP contribution in [0.5, 0.6) is 0 Å². The molecule has 0 atom stereocenters. The van der Waals surface area contributed by atoms with Crippen LogP contribution < -0.4 is 5.32 Å². The van der Waals surface area contributed by atoms with E-state index >= 15 is 0 Å². The van der Waals surface area contributed by atoms with Crippen LogP contribution >= 0.6 is 11.3 Å². The smallest absolute Gasteiger partial charge is 0.278 e. The van der Waals surface area contributed by atoms with E-state index in [-0.39, 0.29) is 5.91 Å². The van der Waals surface area contributed by atoms with Crippen molar-refractivity contribution in [1.29, 1.82) is 0 Å². The summed E-state index contributed by atoms with van der Waals surface area (Å²) in [5.74, 6) is -0.190. The number of hydrogen-bond acceptors (Lipinski definition) is 5. The standard InChI is InChI=1S/C17H17N5OS/c23-16(15-12-4-2-1-3-5-13(12)21-22-15)20-17-19-14(10-24-17)11-6-8-18-9-7-11/h6-10H,1-5H2,(H,21,22)(H,19,20,23). The molecule has 1 amide bonds. The lowest BCUT2D eigenvalue weighted by atomic mass is 10.1. The number of aromatic nitrogens is 4. The molecule has 1 aliphatic rings. The van der Waals surface area contributed by atoms with Gasteiger partial charge >= 0.3 is 0 Å². The van der Waals surface area contributed by atoms with Crippen molar-refractivity contribution in [3.05, 3.63) is 46.9 Å². The normalized spacial score (nSPS) is 14.0. The van der Waals surface area contributed by atoms with Gasteiger partial charge in [-0.25, -0.2) is 4.98 Å². The lowest BCUT2D eigenvalue weighted by molar-refractivity contribution is 0.102. The van der Waals surface area contributed by atoms with Crippen LogP contribution in [0.3, 0.4) is 0 Å². The van der Waals surface area contributed by atoms with Gasteiger partial charge in [-0.05, 0) is 37.8 Å². The second-order valence-electron chi connectivity index (χ2n) is 5.82.